The maximum Gasteiger partial charge on any atom is 0.171 e. The Morgan fingerprint density at radius 2 is 1.71 bits per heavy atom. The molecule has 0 amide bonds. The number of halogens is 1. The third-order valence-electron chi connectivity index (χ3n) is 2.76. The van der Waals surface area contributed by atoms with Gasteiger partial charge in [-0.05, 0) is 25.5 Å². The molecule has 1 aromatic carbocycles. The molecule has 0 bridgehead atoms. The summed E-state index contributed by atoms with van der Waals surface area (Å²) in [6.45, 7) is 4.09. The van der Waals surface area contributed by atoms with Gasteiger partial charge in [0.25, 0.3) is 0 Å². The van der Waals surface area contributed by atoms with E-state index >= 15 is 0 Å². The molecule has 3 nitrogen and oxygen atoms in total. The van der Waals surface area contributed by atoms with Gasteiger partial charge in [-0.3, -0.25) is 0 Å². The summed E-state index contributed by atoms with van der Waals surface area (Å²) in [5.41, 5.74) is 1.08. The SMILES string of the molecule is COC(OC)C(C)N[C@H](C)c1ccccc1Cl. The van der Waals surface area contributed by atoms with Crippen LogP contribution in [0.3, 0.4) is 0 Å². The van der Waals surface area contributed by atoms with E-state index < -0.39 is 0 Å². The standard InChI is InChI=1S/C13H20ClNO2/c1-9(11-7-5-6-8-12(11)14)15-10(2)13(16-3)17-4/h5-10,13,15H,1-4H3/t9-,10?/m1/s1. The third-order valence-corrected chi connectivity index (χ3v) is 3.10. The van der Waals surface area contributed by atoms with E-state index in [1.807, 2.05) is 31.2 Å². The number of methoxy groups -OCH3 is 2. The van der Waals surface area contributed by atoms with E-state index in [-0.39, 0.29) is 18.4 Å². The number of hydrogen-bond acceptors (Lipinski definition) is 3. The molecule has 96 valence electrons. The summed E-state index contributed by atoms with van der Waals surface area (Å²) in [4.78, 5) is 0. The number of benzene rings is 1. The van der Waals surface area contributed by atoms with Gasteiger partial charge in [0.05, 0.1) is 6.04 Å². The summed E-state index contributed by atoms with van der Waals surface area (Å²) in [6, 6.07) is 8.04. The Labute approximate surface area is 108 Å². The number of rotatable bonds is 6. The first kappa shape index (κ1) is 14.5. The topological polar surface area (TPSA) is 30.5 Å². The Bertz CT molecular complexity index is 342. The second kappa shape index (κ2) is 6.97. The molecule has 0 heterocycles. The summed E-state index contributed by atoms with van der Waals surface area (Å²) in [6.07, 6.45) is -0.264. The Morgan fingerprint density at radius 3 is 2.24 bits per heavy atom. The summed E-state index contributed by atoms with van der Waals surface area (Å²) >= 11 is 6.15. The van der Waals surface area contributed by atoms with Gasteiger partial charge in [-0.1, -0.05) is 29.8 Å². The average Bonchev–Trinajstić information content (AvgIpc) is 2.31. The zero-order valence-corrected chi connectivity index (χ0v) is 11.5. The van der Waals surface area contributed by atoms with Crippen LogP contribution in [-0.4, -0.2) is 26.6 Å². The van der Waals surface area contributed by atoms with Crippen molar-refractivity contribution in [2.45, 2.75) is 32.2 Å². The van der Waals surface area contributed by atoms with Crippen molar-refractivity contribution < 1.29 is 9.47 Å². The molecular formula is C13H20ClNO2. The maximum atomic E-state index is 6.15. The van der Waals surface area contributed by atoms with Gasteiger partial charge in [-0.15, -0.1) is 0 Å². The van der Waals surface area contributed by atoms with Crippen molar-refractivity contribution in [3.05, 3.63) is 34.9 Å². The fraction of sp³-hybridized carbons (Fsp3) is 0.538. The van der Waals surface area contributed by atoms with Gasteiger partial charge in [0.1, 0.15) is 0 Å². The zero-order chi connectivity index (χ0) is 12.8. The van der Waals surface area contributed by atoms with E-state index in [1.54, 1.807) is 14.2 Å². The number of hydrogen-bond donors (Lipinski definition) is 1. The highest BCUT2D eigenvalue weighted by Crippen LogP contribution is 2.22. The van der Waals surface area contributed by atoms with E-state index in [0.29, 0.717) is 0 Å². The summed E-state index contributed by atoms with van der Waals surface area (Å²) in [5, 5.41) is 4.17. The smallest absolute Gasteiger partial charge is 0.171 e. The number of ether oxygens (including phenoxy) is 2. The first-order chi connectivity index (χ1) is 8.10. The first-order valence-electron chi connectivity index (χ1n) is 5.66. The van der Waals surface area contributed by atoms with Crippen LogP contribution in [-0.2, 0) is 9.47 Å². The number of nitrogens with one attached hydrogen (secondary N) is 1. The molecule has 0 saturated heterocycles. The minimum Gasteiger partial charge on any atom is -0.354 e. The lowest BCUT2D eigenvalue weighted by molar-refractivity contribution is -0.120. The zero-order valence-electron chi connectivity index (χ0n) is 10.7. The van der Waals surface area contributed by atoms with Crippen molar-refractivity contribution in [2.75, 3.05) is 14.2 Å². The average molecular weight is 258 g/mol. The van der Waals surface area contributed by atoms with Crippen LogP contribution in [0.25, 0.3) is 0 Å². The van der Waals surface area contributed by atoms with Gasteiger partial charge < -0.3 is 14.8 Å². The Balaban J connectivity index is 2.66. The molecule has 1 aromatic rings. The molecule has 1 N–H and O–H groups in total. The van der Waals surface area contributed by atoms with Crippen molar-refractivity contribution in [3.63, 3.8) is 0 Å². The Kier molecular flexibility index (Phi) is 5.92. The summed E-state index contributed by atoms with van der Waals surface area (Å²) < 4.78 is 10.4. The minimum atomic E-state index is -0.264. The van der Waals surface area contributed by atoms with E-state index in [1.165, 1.54) is 0 Å². The Morgan fingerprint density at radius 1 is 1.12 bits per heavy atom. The van der Waals surface area contributed by atoms with Crippen molar-refractivity contribution in [1.82, 2.24) is 5.32 Å². The van der Waals surface area contributed by atoms with E-state index in [9.17, 15) is 0 Å². The second-order valence-corrected chi connectivity index (χ2v) is 4.45. The van der Waals surface area contributed by atoms with E-state index in [4.69, 9.17) is 21.1 Å². The highest BCUT2D eigenvalue weighted by Gasteiger charge is 2.19. The fourth-order valence-corrected chi connectivity index (χ4v) is 2.19. The predicted molar refractivity (Wildman–Crippen MR) is 70.3 cm³/mol. The highest BCUT2D eigenvalue weighted by molar-refractivity contribution is 6.31. The molecule has 0 radical (unpaired) electrons. The van der Waals surface area contributed by atoms with Crippen molar-refractivity contribution in [2.24, 2.45) is 0 Å². The molecule has 4 heteroatoms. The molecule has 0 spiro atoms. The molecule has 0 aliphatic heterocycles. The van der Waals surface area contributed by atoms with Gasteiger partial charge >= 0.3 is 0 Å². The molecule has 0 fully saturated rings. The normalized spacial score (nSPS) is 14.9. The fourth-order valence-electron chi connectivity index (χ4n) is 1.89. The first-order valence-corrected chi connectivity index (χ1v) is 6.04. The molecule has 17 heavy (non-hydrogen) atoms. The third kappa shape index (κ3) is 3.96. The van der Waals surface area contributed by atoms with Crippen LogP contribution < -0.4 is 5.32 Å². The van der Waals surface area contributed by atoms with Gasteiger partial charge in [-0.2, -0.15) is 0 Å². The lowest BCUT2D eigenvalue weighted by atomic mass is 10.1. The van der Waals surface area contributed by atoms with Crippen LogP contribution in [0, 0.1) is 0 Å². The summed E-state index contributed by atoms with van der Waals surface area (Å²) in [7, 11) is 3.26. The molecule has 2 atom stereocenters. The van der Waals surface area contributed by atoms with Gasteiger partial charge in [-0.25, -0.2) is 0 Å². The van der Waals surface area contributed by atoms with Crippen LogP contribution in [0.5, 0.6) is 0 Å². The van der Waals surface area contributed by atoms with Crippen molar-refractivity contribution >= 4 is 11.6 Å². The monoisotopic (exact) mass is 257 g/mol. The van der Waals surface area contributed by atoms with Gasteiger partial charge in [0, 0.05) is 25.3 Å². The van der Waals surface area contributed by atoms with Crippen LogP contribution >= 0.6 is 11.6 Å². The molecule has 0 aliphatic rings. The van der Waals surface area contributed by atoms with Crippen LogP contribution in [0.15, 0.2) is 24.3 Å². The largest absolute Gasteiger partial charge is 0.354 e. The highest BCUT2D eigenvalue weighted by atomic mass is 35.5. The predicted octanol–water partition coefficient (Wildman–Crippen LogP) is 3.00. The molecule has 0 aromatic heterocycles. The molecule has 1 unspecified atom stereocenters. The Hall–Kier alpha value is -0.610. The van der Waals surface area contributed by atoms with Crippen LogP contribution in [0.4, 0.5) is 0 Å². The minimum absolute atomic E-state index is 0.0799. The molecular weight excluding hydrogens is 238 g/mol. The lowest BCUT2D eigenvalue weighted by Gasteiger charge is -2.26. The molecule has 1 rings (SSSR count). The molecule has 0 saturated carbocycles. The van der Waals surface area contributed by atoms with Crippen LogP contribution in [0.1, 0.15) is 25.5 Å². The van der Waals surface area contributed by atoms with Crippen molar-refractivity contribution in [3.8, 4) is 0 Å². The molecule has 0 aliphatic carbocycles. The van der Waals surface area contributed by atoms with Crippen LogP contribution in [0.2, 0.25) is 5.02 Å². The maximum absolute atomic E-state index is 6.15. The quantitative estimate of drug-likeness (QED) is 0.795. The summed E-state index contributed by atoms with van der Waals surface area (Å²) in [5.74, 6) is 0. The lowest BCUT2D eigenvalue weighted by Crippen LogP contribution is -2.40. The van der Waals surface area contributed by atoms with E-state index in [2.05, 4.69) is 12.2 Å². The van der Waals surface area contributed by atoms with Crippen molar-refractivity contribution in [1.29, 1.82) is 0 Å². The van der Waals surface area contributed by atoms with Gasteiger partial charge in [0.2, 0.25) is 0 Å². The van der Waals surface area contributed by atoms with Gasteiger partial charge in [0.15, 0.2) is 6.29 Å². The van der Waals surface area contributed by atoms with E-state index in [0.717, 1.165) is 10.6 Å². The second-order valence-electron chi connectivity index (χ2n) is 4.04.